The summed E-state index contributed by atoms with van der Waals surface area (Å²) in [6, 6.07) is 5.59. The lowest BCUT2D eigenvalue weighted by molar-refractivity contribution is 0.513. The van der Waals surface area contributed by atoms with Crippen molar-refractivity contribution in [2.75, 3.05) is 17.6 Å². The van der Waals surface area contributed by atoms with Crippen molar-refractivity contribution >= 4 is 11.6 Å². The molecule has 0 atom stereocenters. The van der Waals surface area contributed by atoms with Gasteiger partial charge >= 0.3 is 0 Å². The van der Waals surface area contributed by atoms with Crippen LogP contribution in [-0.2, 0) is 12.8 Å². The standard InChI is InChI=1S/C13H18N4O/c1-2-4-12-16-11(14)9-13(17-12)15-7-6-10-5-3-8-18-10/h3,5,8-9H,2,4,6-7H2,1H3,(H3,14,15,16,17). The molecule has 0 aliphatic carbocycles. The van der Waals surface area contributed by atoms with Gasteiger partial charge < -0.3 is 15.5 Å². The van der Waals surface area contributed by atoms with Gasteiger partial charge in [0, 0.05) is 25.5 Å². The van der Waals surface area contributed by atoms with Crippen molar-refractivity contribution in [3.05, 3.63) is 36.0 Å². The fourth-order valence-electron chi connectivity index (χ4n) is 1.71. The summed E-state index contributed by atoms with van der Waals surface area (Å²) in [4.78, 5) is 8.60. The first-order valence-electron chi connectivity index (χ1n) is 6.17. The van der Waals surface area contributed by atoms with E-state index in [0.29, 0.717) is 5.82 Å². The van der Waals surface area contributed by atoms with E-state index in [1.54, 1.807) is 12.3 Å². The number of aryl methyl sites for hydroxylation is 1. The molecule has 5 heteroatoms. The number of aromatic nitrogens is 2. The van der Waals surface area contributed by atoms with Crippen molar-refractivity contribution in [3.8, 4) is 0 Å². The molecule has 2 aromatic rings. The lowest BCUT2D eigenvalue weighted by Crippen LogP contribution is -2.09. The van der Waals surface area contributed by atoms with E-state index >= 15 is 0 Å². The van der Waals surface area contributed by atoms with Gasteiger partial charge in [0.2, 0.25) is 0 Å². The second-order valence-corrected chi connectivity index (χ2v) is 4.10. The van der Waals surface area contributed by atoms with Crippen molar-refractivity contribution in [3.63, 3.8) is 0 Å². The van der Waals surface area contributed by atoms with Gasteiger partial charge in [0.1, 0.15) is 23.2 Å². The van der Waals surface area contributed by atoms with Crippen molar-refractivity contribution in [1.29, 1.82) is 0 Å². The third kappa shape index (κ3) is 3.48. The van der Waals surface area contributed by atoms with E-state index in [2.05, 4.69) is 22.2 Å². The van der Waals surface area contributed by atoms with Gasteiger partial charge in [0.15, 0.2) is 0 Å². The largest absolute Gasteiger partial charge is 0.469 e. The highest BCUT2D eigenvalue weighted by Crippen LogP contribution is 2.10. The first-order valence-corrected chi connectivity index (χ1v) is 6.17. The predicted molar refractivity (Wildman–Crippen MR) is 71.3 cm³/mol. The Morgan fingerprint density at radius 3 is 2.94 bits per heavy atom. The summed E-state index contributed by atoms with van der Waals surface area (Å²) in [6.45, 7) is 2.85. The highest BCUT2D eigenvalue weighted by Gasteiger charge is 2.02. The SMILES string of the molecule is CCCc1nc(N)cc(NCCc2ccco2)n1. The van der Waals surface area contributed by atoms with Crippen LogP contribution in [0.2, 0.25) is 0 Å². The maximum absolute atomic E-state index is 5.75. The smallest absolute Gasteiger partial charge is 0.133 e. The Bertz CT molecular complexity index is 482. The summed E-state index contributed by atoms with van der Waals surface area (Å²) in [5, 5.41) is 3.23. The fraction of sp³-hybridized carbons (Fsp3) is 0.385. The molecule has 3 N–H and O–H groups in total. The number of furan rings is 1. The lowest BCUT2D eigenvalue weighted by atomic mass is 10.3. The summed E-state index contributed by atoms with van der Waals surface area (Å²) in [7, 11) is 0. The third-order valence-corrected chi connectivity index (χ3v) is 2.52. The van der Waals surface area contributed by atoms with Gasteiger partial charge in [-0.1, -0.05) is 6.92 Å². The normalized spacial score (nSPS) is 10.5. The van der Waals surface area contributed by atoms with E-state index in [9.17, 15) is 0 Å². The molecule has 0 aromatic carbocycles. The highest BCUT2D eigenvalue weighted by molar-refractivity contribution is 5.44. The third-order valence-electron chi connectivity index (χ3n) is 2.52. The highest BCUT2D eigenvalue weighted by atomic mass is 16.3. The predicted octanol–water partition coefficient (Wildman–Crippen LogP) is 2.26. The Morgan fingerprint density at radius 2 is 2.22 bits per heavy atom. The van der Waals surface area contributed by atoms with Gasteiger partial charge in [-0.2, -0.15) is 0 Å². The Hall–Kier alpha value is -2.04. The van der Waals surface area contributed by atoms with Crippen LogP contribution in [0.1, 0.15) is 24.9 Å². The number of nitrogens with zero attached hydrogens (tertiary/aromatic N) is 2. The Labute approximate surface area is 106 Å². The Balaban J connectivity index is 1.92. The Kier molecular flexibility index (Phi) is 4.17. The minimum atomic E-state index is 0.508. The maximum Gasteiger partial charge on any atom is 0.133 e. The van der Waals surface area contributed by atoms with Crippen LogP contribution >= 0.6 is 0 Å². The molecule has 0 amide bonds. The summed E-state index contributed by atoms with van der Waals surface area (Å²) >= 11 is 0. The molecule has 0 fully saturated rings. The number of nitrogens with two attached hydrogens (primary N) is 1. The average molecular weight is 246 g/mol. The summed E-state index contributed by atoms with van der Waals surface area (Å²) < 4.78 is 5.26. The van der Waals surface area contributed by atoms with Gasteiger partial charge in [-0.25, -0.2) is 9.97 Å². The average Bonchev–Trinajstić information content (AvgIpc) is 2.82. The van der Waals surface area contributed by atoms with Crippen LogP contribution in [-0.4, -0.2) is 16.5 Å². The van der Waals surface area contributed by atoms with Crippen LogP contribution in [0.25, 0.3) is 0 Å². The van der Waals surface area contributed by atoms with Gasteiger partial charge in [-0.3, -0.25) is 0 Å². The molecule has 0 saturated carbocycles. The van der Waals surface area contributed by atoms with Gasteiger partial charge in [0.25, 0.3) is 0 Å². The molecule has 0 unspecified atom stereocenters. The minimum Gasteiger partial charge on any atom is -0.469 e. The molecule has 0 radical (unpaired) electrons. The van der Waals surface area contributed by atoms with Crippen LogP contribution in [0, 0.1) is 0 Å². The van der Waals surface area contributed by atoms with Crippen molar-refractivity contribution in [2.45, 2.75) is 26.2 Å². The molecule has 0 spiro atoms. The molecule has 2 rings (SSSR count). The first-order chi connectivity index (χ1) is 8.78. The van der Waals surface area contributed by atoms with Crippen molar-refractivity contribution in [1.82, 2.24) is 9.97 Å². The Morgan fingerprint density at radius 1 is 1.33 bits per heavy atom. The number of rotatable bonds is 6. The van der Waals surface area contributed by atoms with Crippen LogP contribution in [0.4, 0.5) is 11.6 Å². The van der Waals surface area contributed by atoms with E-state index in [4.69, 9.17) is 10.2 Å². The number of nitrogen functional groups attached to an aromatic ring is 1. The molecule has 5 nitrogen and oxygen atoms in total. The first kappa shape index (κ1) is 12.4. The molecule has 0 saturated heterocycles. The number of nitrogens with one attached hydrogen (secondary N) is 1. The second kappa shape index (κ2) is 6.05. The molecule has 0 aliphatic heterocycles. The van der Waals surface area contributed by atoms with E-state index < -0.39 is 0 Å². The summed E-state index contributed by atoms with van der Waals surface area (Å²) in [6.07, 6.45) is 4.35. The monoisotopic (exact) mass is 246 g/mol. The summed E-state index contributed by atoms with van der Waals surface area (Å²) in [5.41, 5.74) is 5.75. The lowest BCUT2D eigenvalue weighted by Gasteiger charge is -2.07. The van der Waals surface area contributed by atoms with Gasteiger partial charge in [-0.05, 0) is 18.6 Å². The molecule has 18 heavy (non-hydrogen) atoms. The second-order valence-electron chi connectivity index (χ2n) is 4.10. The molecule has 2 heterocycles. The van der Waals surface area contributed by atoms with Gasteiger partial charge in [-0.15, -0.1) is 0 Å². The van der Waals surface area contributed by atoms with E-state index in [0.717, 1.165) is 43.2 Å². The van der Waals surface area contributed by atoms with E-state index in [-0.39, 0.29) is 0 Å². The van der Waals surface area contributed by atoms with Crippen molar-refractivity contribution < 1.29 is 4.42 Å². The fourth-order valence-corrected chi connectivity index (χ4v) is 1.71. The van der Waals surface area contributed by atoms with Gasteiger partial charge in [0.05, 0.1) is 6.26 Å². The molecule has 0 aliphatic rings. The van der Waals surface area contributed by atoms with Crippen LogP contribution in [0.3, 0.4) is 0 Å². The zero-order chi connectivity index (χ0) is 12.8. The van der Waals surface area contributed by atoms with Crippen LogP contribution in [0.5, 0.6) is 0 Å². The quantitative estimate of drug-likeness (QED) is 0.817. The molecular formula is C13H18N4O. The van der Waals surface area contributed by atoms with E-state index in [1.807, 2.05) is 12.1 Å². The molecule has 2 aromatic heterocycles. The minimum absolute atomic E-state index is 0.508. The zero-order valence-electron chi connectivity index (χ0n) is 10.5. The van der Waals surface area contributed by atoms with E-state index in [1.165, 1.54) is 0 Å². The van der Waals surface area contributed by atoms with Crippen molar-refractivity contribution in [2.24, 2.45) is 0 Å². The van der Waals surface area contributed by atoms with Crippen LogP contribution < -0.4 is 11.1 Å². The molecule has 0 bridgehead atoms. The van der Waals surface area contributed by atoms with Crippen LogP contribution in [0.15, 0.2) is 28.9 Å². The zero-order valence-corrected chi connectivity index (χ0v) is 10.5. The number of anilines is 2. The topological polar surface area (TPSA) is 77.0 Å². The summed E-state index contributed by atoms with van der Waals surface area (Å²) in [5.74, 6) is 3.03. The maximum atomic E-state index is 5.75. The number of hydrogen-bond acceptors (Lipinski definition) is 5. The number of hydrogen-bond donors (Lipinski definition) is 2. The molecule has 96 valence electrons. The molecular weight excluding hydrogens is 228 g/mol.